The van der Waals surface area contributed by atoms with Gasteiger partial charge in [-0.25, -0.2) is 4.98 Å². The number of rotatable bonds is 2. The van der Waals surface area contributed by atoms with Crippen LogP contribution in [0.15, 0.2) is 24.3 Å². The smallest absolute Gasteiger partial charge is 0.221 e. The van der Waals surface area contributed by atoms with Crippen molar-refractivity contribution in [2.24, 2.45) is 5.92 Å². The van der Waals surface area contributed by atoms with E-state index in [4.69, 9.17) is 9.47 Å². The van der Waals surface area contributed by atoms with E-state index >= 15 is 0 Å². The minimum atomic E-state index is 0.207. The molecule has 0 bridgehead atoms. The first kappa shape index (κ1) is 11.3. The molecule has 3 heteroatoms. The van der Waals surface area contributed by atoms with Crippen LogP contribution in [0.5, 0.6) is 11.6 Å². The topological polar surface area (TPSA) is 31.4 Å². The molecule has 1 aliphatic rings. The van der Waals surface area contributed by atoms with Crippen LogP contribution >= 0.6 is 0 Å². The summed E-state index contributed by atoms with van der Waals surface area (Å²) < 4.78 is 11.5. The number of hydrogen-bond donors (Lipinski definition) is 0. The highest BCUT2D eigenvalue weighted by molar-refractivity contribution is 5.87. The van der Waals surface area contributed by atoms with Crippen LogP contribution in [0.4, 0.5) is 0 Å². The standard InChI is InChI=1S/C15H17NO2/c1-9(2)13-8-11-14(17-3)10-6-4-5-7-12(10)16-15(11)18-13/h4-7,9,13H,8H2,1-3H3. The van der Waals surface area contributed by atoms with Crippen molar-refractivity contribution >= 4 is 10.9 Å². The average Bonchev–Trinajstić information content (AvgIpc) is 2.79. The van der Waals surface area contributed by atoms with Crippen molar-refractivity contribution in [2.45, 2.75) is 26.4 Å². The normalized spacial score (nSPS) is 17.9. The fourth-order valence-electron chi connectivity index (χ4n) is 2.47. The molecule has 0 spiro atoms. The third kappa shape index (κ3) is 1.62. The second-order valence-corrected chi connectivity index (χ2v) is 5.05. The highest BCUT2D eigenvalue weighted by Gasteiger charge is 2.30. The lowest BCUT2D eigenvalue weighted by Gasteiger charge is -2.13. The van der Waals surface area contributed by atoms with E-state index in [0.29, 0.717) is 5.92 Å². The van der Waals surface area contributed by atoms with E-state index in [1.807, 2.05) is 24.3 Å². The molecular formula is C15H17NO2. The van der Waals surface area contributed by atoms with Gasteiger partial charge in [0.25, 0.3) is 0 Å². The van der Waals surface area contributed by atoms with Gasteiger partial charge >= 0.3 is 0 Å². The van der Waals surface area contributed by atoms with Gasteiger partial charge in [0.05, 0.1) is 18.2 Å². The maximum absolute atomic E-state index is 5.93. The van der Waals surface area contributed by atoms with Crippen LogP contribution < -0.4 is 9.47 Å². The Morgan fingerprint density at radius 2 is 2.11 bits per heavy atom. The first-order valence-corrected chi connectivity index (χ1v) is 6.33. The minimum Gasteiger partial charge on any atom is -0.496 e. The highest BCUT2D eigenvalue weighted by atomic mass is 16.5. The second-order valence-electron chi connectivity index (χ2n) is 5.05. The molecule has 2 heterocycles. The van der Waals surface area contributed by atoms with E-state index in [9.17, 15) is 0 Å². The van der Waals surface area contributed by atoms with Gasteiger partial charge in [-0.15, -0.1) is 0 Å². The van der Waals surface area contributed by atoms with E-state index < -0.39 is 0 Å². The molecule has 1 aliphatic heterocycles. The van der Waals surface area contributed by atoms with Gasteiger partial charge in [0.1, 0.15) is 11.9 Å². The quantitative estimate of drug-likeness (QED) is 0.811. The number of pyridine rings is 1. The van der Waals surface area contributed by atoms with Gasteiger partial charge in [-0.3, -0.25) is 0 Å². The van der Waals surface area contributed by atoms with Gasteiger partial charge in [0.15, 0.2) is 0 Å². The van der Waals surface area contributed by atoms with E-state index in [1.54, 1.807) is 7.11 Å². The Kier molecular flexibility index (Phi) is 2.62. The number of methoxy groups -OCH3 is 1. The molecule has 94 valence electrons. The Balaban J connectivity index is 2.19. The number of benzene rings is 1. The Bertz CT molecular complexity index is 592. The van der Waals surface area contributed by atoms with Crippen LogP contribution in [0, 0.1) is 5.92 Å². The van der Waals surface area contributed by atoms with Gasteiger partial charge in [0.2, 0.25) is 5.88 Å². The van der Waals surface area contributed by atoms with Crippen molar-refractivity contribution in [2.75, 3.05) is 7.11 Å². The lowest BCUT2D eigenvalue weighted by atomic mass is 10.0. The van der Waals surface area contributed by atoms with Crippen LogP contribution in [0.25, 0.3) is 10.9 Å². The summed E-state index contributed by atoms with van der Waals surface area (Å²) in [7, 11) is 1.71. The van der Waals surface area contributed by atoms with Crippen molar-refractivity contribution in [1.29, 1.82) is 0 Å². The van der Waals surface area contributed by atoms with Crippen LogP contribution in [0.2, 0.25) is 0 Å². The number of nitrogens with zero attached hydrogens (tertiary/aromatic N) is 1. The molecule has 1 aromatic carbocycles. The van der Waals surface area contributed by atoms with Crippen molar-refractivity contribution in [3.8, 4) is 11.6 Å². The maximum atomic E-state index is 5.93. The third-order valence-corrected chi connectivity index (χ3v) is 3.52. The molecule has 1 unspecified atom stereocenters. The monoisotopic (exact) mass is 243 g/mol. The van der Waals surface area contributed by atoms with Gasteiger partial charge in [-0.1, -0.05) is 26.0 Å². The van der Waals surface area contributed by atoms with Gasteiger partial charge in [-0.2, -0.15) is 0 Å². The van der Waals surface area contributed by atoms with E-state index in [-0.39, 0.29) is 6.10 Å². The predicted molar refractivity (Wildman–Crippen MR) is 71.3 cm³/mol. The molecule has 0 radical (unpaired) electrons. The fraction of sp³-hybridized carbons (Fsp3) is 0.400. The van der Waals surface area contributed by atoms with Crippen LogP contribution in [0.1, 0.15) is 19.4 Å². The molecule has 2 aromatic rings. The summed E-state index contributed by atoms with van der Waals surface area (Å²) >= 11 is 0. The second kappa shape index (κ2) is 4.16. The van der Waals surface area contributed by atoms with Crippen molar-refractivity contribution in [3.63, 3.8) is 0 Å². The number of ether oxygens (including phenoxy) is 2. The van der Waals surface area contributed by atoms with Gasteiger partial charge < -0.3 is 9.47 Å². The van der Waals surface area contributed by atoms with E-state index in [2.05, 4.69) is 18.8 Å². The molecule has 18 heavy (non-hydrogen) atoms. The Labute approximate surface area is 107 Å². The largest absolute Gasteiger partial charge is 0.496 e. The lowest BCUT2D eigenvalue weighted by Crippen LogP contribution is -2.20. The van der Waals surface area contributed by atoms with Crippen molar-refractivity contribution in [3.05, 3.63) is 29.8 Å². The van der Waals surface area contributed by atoms with Crippen LogP contribution in [-0.2, 0) is 6.42 Å². The summed E-state index contributed by atoms with van der Waals surface area (Å²) in [6.07, 6.45) is 1.09. The Morgan fingerprint density at radius 1 is 1.33 bits per heavy atom. The third-order valence-electron chi connectivity index (χ3n) is 3.52. The summed E-state index contributed by atoms with van der Waals surface area (Å²) in [5.74, 6) is 2.13. The summed E-state index contributed by atoms with van der Waals surface area (Å²) in [5.41, 5.74) is 2.03. The van der Waals surface area contributed by atoms with E-state index in [1.165, 1.54) is 0 Å². The zero-order valence-electron chi connectivity index (χ0n) is 10.9. The van der Waals surface area contributed by atoms with Gasteiger partial charge in [0, 0.05) is 11.8 Å². The molecule has 0 fully saturated rings. The molecule has 1 aromatic heterocycles. The van der Waals surface area contributed by atoms with Crippen molar-refractivity contribution < 1.29 is 9.47 Å². The maximum Gasteiger partial charge on any atom is 0.221 e. The molecule has 3 rings (SSSR count). The molecule has 0 saturated carbocycles. The average molecular weight is 243 g/mol. The predicted octanol–water partition coefficient (Wildman–Crippen LogP) is 3.20. The zero-order chi connectivity index (χ0) is 12.7. The summed E-state index contributed by atoms with van der Waals surface area (Å²) in [5, 5.41) is 1.06. The minimum absolute atomic E-state index is 0.207. The first-order chi connectivity index (χ1) is 8.70. The van der Waals surface area contributed by atoms with Crippen LogP contribution in [-0.4, -0.2) is 18.2 Å². The Morgan fingerprint density at radius 3 is 2.83 bits per heavy atom. The van der Waals surface area contributed by atoms with Crippen LogP contribution in [0.3, 0.4) is 0 Å². The van der Waals surface area contributed by atoms with Crippen molar-refractivity contribution in [1.82, 2.24) is 4.98 Å². The number of fused-ring (bicyclic) bond motifs is 2. The van der Waals surface area contributed by atoms with E-state index in [0.717, 1.165) is 34.5 Å². The summed E-state index contributed by atoms with van der Waals surface area (Å²) in [6, 6.07) is 8.03. The Hall–Kier alpha value is -1.77. The SMILES string of the molecule is COc1c2c(nc3ccccc13)OC(C(C)C)C2. The molecule has 1 atom stereocenters. The molecule has 3 nitrogen and oxygen atoms in total. The lowest BCUT2D eigenvalue weighted by molar-refractivity contribution is 0.173. The van der Waals surface area contributed by atoms with Gasteiger partial charge in [-0.05, 0) is 18.1 Å². The number of hydrogen-bond acceptors (Lipinski definition) is 3. The number of para-hydroxylation sites is 1. The number of aromatic nitrogens is 1. The molecule has 0 saturated heterocycles. The zero-order valence-corrected chi connectivity index (χ0v) is 10.9. The summed E-state index contributed by atoms with van der Waals surface area (Å²) in [4.78, 5) is 4.59. The fourth-order valence-corrected chi connectivity index (χ4v) is 2.47. The first-order valence-electron chi connectivity index (χ1n) is 6.33. The molecular weight excluding hydrogens is 226 g/mol. The highest BCUT2D eigenvalue weighted by Crippen LogP contribution is 2.40. The molecule has 0 amide bonds. The molecule has 0 aliphatic carbocycles. The summed E-state index contributed by atoms with van der Waals surface area (Å²) in [6.45, 7) is 4.34. The molecule has 0 N–H and O–H groups in total.